The Morgan fingerprint density at radius 2 is 1.49 bits per heavy atom. The second-order valence-corrected chi connectivity index (χ2v) is 11.0. The number of aromatic amines is 1. The number of carbonyl (C=O) groups is 3. The van der Waals surface area contributed by atoms with E-state index in [0.717, 1.165) is 41.4 Å². The van der Waals surface area contributed by atoms with E-state index in [2.05, 4.69) is 41.7 Å². The number of benzene rings is 1. The van der Waals surface area contributed by atoms with E-state index < -0.39 is 12.1 Å². The van der Waals surface area contributed by atoms with Crippen molar-refractivity contribution >= 4 is 28.8 Å². The first-order chi connectivity index (χ1) is 18.8. The quantitative estimate of drug-likeness (QED) is 0.130. The molecule has 1 aromatic heterocycles. The standard InChI is InChI=1S/C31H50N4O4/c1-4-5-6-7-8-9-10-11-12-15-19-32-30(37)28(35-29(36)18-20-33-31(38)39)22-25-24-16-13-14-17-26(24)34-27(25)21-23(2)3/h13-14,16-17,23,28,33-34H,4-12,15,18-22H2,1-3H3,(H,32,37)(H,35,36)(H,38,39)/t28-/m0/s1. The van der Waals surface area contributed by atoms with Gasteiger partial charge >= 0.3 is 6.09 Å². The minimum atomic E-state index is -1.18. The van der Waals surface area contributed by atoms with Crippen molar-refractivity contribution in [1.29, 1.82) is 0 Å². The van der Waals surface area contributed by atoms with E-state index in [-0.39, 0.29) is 24.8 Å². The summed E-state index contributed by atoms with van der Waals surface area (Å²) in [5.74, 6) is -0.128. The normalized spacial score (nSPS) is 12.0. The van der Waals surface area contributed by atoms with Gasteiger partial charge in [-0.3, -0.25) is 9.59 Å². The SMILES string of the molecule is CCCCCCCCCCCCNC(=O)[C@H](Cc1c(CC(C)C)[nH]c2ccccc12)NC(=O)CCNC(=O)O. The maximum absolute atomic E-state index is 13.3. The molecule has 0 bridgehead atoms. The van der Waals surface area contributed by atoms with E-state index in [1.54, 1.807) is 0 Å². The van der Waals surface area contributed by atoms with Crippen LogP contribution >= 0.6 is 0 Å². The summed E-state index contributed by atoms with van der Waals surface area (Å²) in [5, 5.41) is 18.0. The molecule has 8 heteroatoms. The molecule has 0 fully saturated rings. The summed E-state index contributed by atoms with van der Waals surface area (Å²) < 4.78 is 0. The number of carbonyl (C=O) groups excluding carboxylic acids is 2. The van der Waals surface area contributed by atoms with E-state index in [0.29, 0.717) is 18.9 Å². The Kier molecular flexibility index (Phi) is 15.1. The molecule has 0 radical (unpaired) electrons. The van der Waals surface area contributed by atoms with Gasteiger partial charge in [0, 0.05) is 42.5 Å². The number of para-hydroxylation sites is 1. The number of nitrogens with one attached hydrogen (secondary N) is 4. The van der Waals surface area contributed by atoms with Crippen LogP contribution in [-0.4, -0.2) is 47.1 Å². The molecule has 1 atom stereocenters. The van der Waals surface area contributed by atoms with Crippen LogP contribution in [0.4, 0.5) is 4.79 Å². The second kappa shape index (κ2) is 18.3. The van der Waals surface area contributed by atoms with Crippen molar-refractivity contribution in [3.8, 4) is 0 Å². The van der Waals surface area contributed by atoms with Crippen LogP contribution in [0.1, 0.15) is 103 Å². The molecule has 218 valence electrons. The summed E-state index contributed by atoms with van der Waals surface area (Å²) in [7, 11) is 0. The lowest BCUT2D eigenvalue weighted by atomic mass is 9.97. The molecule has 39 heavy (non-hydrogen) atoms. The molecule has 0 spiro atoms. The Bertz CT molecular complexity index is 1020. The summed E-state index contributed by atoms with van der Waals surface area (Å²) >= 11 is 0. The van der Waals surface area contributed by atoms with Crippen molar-refractivity contribution in [1.82, 2.24) is 20.9 Å². The lowest BCUT2D eigenvalue weighted by molar-refractivity contribution is -0.128. The molecule has 2 rings (SSSR count). The molecule has 0 unspecified atom stereocenters. The molecular weight excluding hydrogens is 492 g/mol. The van der Waals surface area contributed by atoms with Crippen LogP contribution in [0.25, 0.3) is 10.9 Å². The topological polar surface area (TPSA) is 123 Å². The number of aromatic nitrogens is 1. The zero-order chi connectivity index (χ0) is 28.5. The highest BCUT2D eigenvalue weighted by atomic mass is 16.4. The minimum Gasteiger partial charge on any atom is -0.465 e. The molecule has 0 saturated carbocycles. The van der Waals surface area contributed by atoms with Crippen LogP contribution in [0.3, 0.4) is 0 Å². The summed E-state index contributed by atoms with van der Waals surface area (Å²) in [4.78, 5) is 40.1. The summed E-state index contributed by atoms with van der Waals surface area (Å²) in [5.41, 5.74) is 3.15. The first-order valence-corrected chi connectivity index (χ1v) is 14.9. The third-order valence-electron chi connectivity index (χ3n) is 7.03. The number of rotatable bonds is 20. The molecule has 0 aliphatic rings. The number of fused-ring (bicyclic) bond motifs is 1. The van der Waals surface area contributed by atoms with Crippen molar-refractivity contribution < 1.29 is 19.5 Å². The third kappa shape index (κ3) is 12.6. The largest absolute Gasteiger partial charge is 0.465 e. The van der Waals surface area contributed by atoms with Gasteiger partial charge in [0.15, 0.2) is 0 Å². The van der Waals surface area contributed by atoms with Gasteiger partial charge in [0.1, 0.15) is 6.04 Å². The fraction of sp³-hybridized carbons (Fsp3) is 0.645. The molecule has 3 amide bonds. The van der Waals surface area contributed by atoms with Gasteiger partial charge in [-0.2, -0.15) is 0 Å². The van der Waals surface area contributed by atoms with Crippen LogP contribution in [0, 0.1) is 5.92 Å². The smallest absolute Gasteiger partial charge is 0.404 e. The zero-order valence-electron chi connectivity index (χ0n) is 24.2. The van der Waals surface area contributed by atoms with Crippen LogP contribution in [0.15, 0.2) is 24.3 Å². The molecule has 5 N–H and O–H groups in total. The van der Waals surface area contributed by atoms with Crippen LogP contribution in [0.5, 0.6) is 0 Å². The van der Waals surface area contributed by atoms with Crippen molar-refractivity contribution in [2.45, 2.75) is 110 Å². The molecule has 0 aliphatic heterocycles. The molecular formula is C31H50N4O4. The van der Waals surface area contributed by atoms with Crippen LogP contribution < -0.4 is 16.0 Å². The molecule has 1 heterocycles. The molecule has 1 aromatic carbocycles. The summed E-state index contributed by atoms with van der Waals surface area (Å²) in [6.07, 6.45) is 12.3. The number of hydrogen-bond donors (Lipinski definition) is 5. The van der Waals surface area contributed by atoms with Gasteiger partial charge in [0.05, 0.1) is 0 Å². The Balaban J connectivity index is 1.96. The predicted octanol–water partition coefficient (Wildman–Crippen LogP) is 6.09. The van der Waals surface area contributed by atoms with Crippen molar-refractivity contribution in [3.05, 3.63) is 35.5 Å². The highest BCUT2D eigenvalue weighted by molar-refractivity contribution is 5.90. The number of carboxylic acid groups (broad SMARTS) is 1. The third-order valence-corrected chi connectivity index (χ3v) is 7.03. The fourth-order valence-electron chi connectivity index (χ4n) is 4.98. The Morgan fingerprint density at radius 1 is 0.846 bits per heavy atom. The highest BCUT2D eigenvalue weighted by Crippen LogP contribution is 2.26. The van der Waals surface area contributed by atoms with E-state index in [9.17, 15) is 14.4 Å². The average Bonchev–Trinajstić information content (AvgIpc) is 3.22. The van der Waals surface area contributed by atoms with Crippen molar-refractivity contribution in [3.63, 3.8) is 0 Å². The van der Waals surface area contributed by atoms with Gasteiger partial charge < -0.3 is 26.0 Å². The van der Waals surface area contributed by atoms with Gasteiger partial charge in [0.25, 0.3) is 0 Å². The van der Waals surface area contributed by atoms with Crippen molar-refractivity contribution in [2.24, 2.45) is 5.92 Å². The van der Waals surface area contributed by atoms with Crippen LogP contribution in [0.2, 0.25) is 0 Å². The number of H-pyrrole nitrogens is 1. The molecule has 2 aromatic rings. The van der Waals surface area contributed by atoms with Gasteiger partial charge in [0.2, 0.25) is 11.8 Å². The Hall–Kier alpha value is -3.03. The van der Waals surface area contributed by atoms with E-state index in [1.807, 2.05) is 24.3 Å². The Morgan fingerprint density at radius 3 is 2.13 bits per heavy atom. The number of unbranched alkanes of at least 4 members (excludes halogenated alkanes) is 9. The predicted molar refractivity (Wildman–Crippen MR) is 158 cm³/mol. The molecule has 0 aliphatic carbocycles. The zero-order valence-corrected chi connectivity index (χ0v) is 24.2. The fourth-order valence-corrected chi connectivity index (χ4v) is 4.98. The number of amides is 3. The van der Waals surface area contributed by atoms with Gasteiger partial charge in [-0.25, -0.2) is 4.79 Å². The van der Waals surface area contributed by atoms with E-state index in [1.165, 1.54) is 51.4 Å². The Labute approximate surface area is 234 Å². The second-order valence-electron chi connectivity index (χ2n) is 11.0. The van der Waals surface area contributed by atoms with Gasteiger partial charge in [-0.15, -0.1) is 0 Å². The van der Waals surface area contributed by atoms with Gasteiger partial charge in [-0.05, 0) is 30.4 Å². The number of hydrogen-bond acceptors (Lipinski definition) is 3. The highest BCUT2D eigenvalue weighted by Gasteiger charge is 2.24. The molecule has 0 saturated heterocycles. The summed E-state index contributed by atoms with van der Waals surface area (Å²) in [6, 6.07) is 7.29. The lowest BCUT2D eigenvalue weighted by Crippen LogP contribution is -2.48. The average molecular weight is 543 g/mol. The summed E-state index contributed by atoms with van der Waals surface area (Å²) in [6.45, 7) is 7.13. The molecule has 8 nitrogen and oxygen atoms in total. The van der Waals surface area contributed by atoms with E-state index in [4.69, 9.17) is 5.11 Å². The van der Waals surface area contributed by atoms with Crippen molar-refractivity contribution in [2.75, 3.05) is 13.1 Å². The van der Waals surface area contributed by atoms with E-state index >= 15 is 0 Å². The van der Waals surface area contributed by atoms with Gasteiger partial charge in [-0.1, -0.05) is 96.8 Å². The maximum atomic E-state index is 13.3. The first-order valence-electron chi connectivity index (χ1n) is 14.9. The first kappa shape index (κ1) is 32.2. The lowest BCUT2D eigenvalue weighted by Gasteiger charge is -2.20. The van der Waals surface area contributed by atoms with Crippen LogP contribution in [-0.2, 0) is 22.4 Å². The minimum absolute atomic E-state index is 0.000204. The monoisotopic (exact) mass is 542 g/mol. The maximum Gasteiger partial charge on any atom is 0.404 e.